The van der Waals surface area contributed by atoms with Gasteiger partial charge in [0.05, 0.1) is 20.3 Å². The number of carbonyl (C=O) groups excluding carboxylic acids is 2. The number of hydrogen-bond donors (Lipinski definition) is 1. The Balaban J connectivity index is 2.27. The van der Waals surface area contributed by atoms with Crippen LogP contribution in [-0.4, -0.2) is 50.1 Å². The predicted octanol–water partition coefficient (Wildman–Crippen LogP) is 2.06. The predicted molar refractivity (Wildman–Crippen MR) is 96.0 cm³/mol. The third-order valence-corrected chi connectivity index (χ3v) is 3.88. The maximum absolute atomic E-state index is 12.9. The lowest BCUT2D eigenvalue weighted by molar-refractivity contribution is -0.134. The summed E-state index contributed by atoms with van der Waals surface area (Å²) in [4.78, 5) is 26.9. The summed E-state index contributed by atoms with van der Waals surface area (Å²) in [6, 6.07) is 7.31. The highest BCUT2D eigenvalue weighted by atomic mass is 16.5. The molecule has 1 aromatic rings. The molecule has 6 nitrogen and oxygen atoms in total. The van der Waals surface area contributed by atoms with Crippen LogP contribution in [0.15, 0.2) is 30.0 Å². The van der Waals surface area contributed by atoms with Gasteiger partial charge in [0.15, 0.2) is 0 Å². The van der Waals surface area contributed by atoms with Crippen molar-refractivity contribution in [3.05, 3.63) is 35.5 Å². The second-order valence-corrected chi connectivity index (χ2v) is 6.94. The van der Waals surface area contributed by atoms with Gasteiger partial charge in [-0.1, -0.05) is 32.9 Å². The minimum absolute atomic E-state index is 0.197. The third kappa shape index (κ3) is 5.32. The summed E-state index contributed by atoms with van der Waals surface area (Å²) in [6.45, 7) is 7.49. The van der Waals surface area contributed by atoms with Gasteiger partial charge < -0.3 is 19.7 Å². The number of nitrogens with one attached hydrogen (secondary N) is 1. The zero-order valence-electron chi connectivity index (χ0n) is 15.3. The normalized spacial score (nSPS) is 15.7. The van der Waals surface area contributed by atoms with Gasteiger partial charge in [0.2, 0.25) is 5.91 Å². The summed E-state index contributed by atoms with van der Waals surface area (Å²) < 4.78 is 10.4. The largest absolute Gasteiger partial charge is 0.497 e. The Bertz CT molecular complexity index is 638. The van der Waals surface area contributed by atoms with Crippen LogP contribution in [0.3, 0.4) is 0 Å². The maximum Gasteiger partial charge on any atom is 0.270 e. The van der Waals surface area contributed by atoms with E-state index in [0.29, 0.717) is 26.3 Å². The van der Waals surface area contributed by atoms with Crippen molar-refractivity contribution in [3.8, 4) is 5.75 Å². The lowest BCUT2D eigenvalue weighted by Crippen LogP contribution is -2.46. The molecular weight excluding hydrogens is 320 g/mol. The van der Waals surface area contributed by atoms with E-state index in [1.807, 2.05) is 45.0 Å². The quantitative estimate of drug-likeness (QED) is 0.848. The number of morpholine rings is 1. The fraction of sp³-hybridized carbons (Fsp3) is 0.474. The molecule has 1 N–H and O–H groups in total. The van der Waals surface area contributed by atoms with Gasteiger partial charge in [0.1, 0.15) is 11.4 Å². The van der Waals surface area contributed by atoms with Gasteiger partial charge in [-0.3, -0.25) is 9.59 Å². The number of amides is 2. The smallest absolute Gasteiger partial charge is 0.270 e. The Kier molecular flexibility index (Phi) is 6.20. The van der Waals surface area contributed by atoms with Gasteiger partial charge in [-0.2, -0.15) is 0 Å². The highest BCUT2D eigenvalue weighted by Crippen LogP contribution is 2.17. The first kappa shape index (κ1) is 19.0. The SMILES string of the molecule is COc1ccc(/C=C(\NC(=O)C(C)(C)C)C(=O)N2CCOCC2)cc1. The van der Waals surface area contributed by atoms with Crippen LogP contribution in [0.2, 0.25) is 0 Å². The van der Waals surface area contributed by atoms with Crippen LogP contribution in [0, 0.1) is 5.41 Å². The molecule has 2 amide bonds. The molecule has 0 aliphatic carbocycles. The molecule has 6 heteroatoms. The van der Waals surface area contributed by atoms with Crippen molar-refractivity contribution in [2.24, 2.45) is 5.41 Å². The van der Waals surface area contributed by atoms with E-state index < -0.39 is 5.41 Å². The first-order valence-corrected chi connectivity index (χ1v) is 8.35. The Hall–Kier alpha value is -2.34. The number of hydrogen-bond acceptors (Lipinski definition) is 4. The van der Waals surface area contributed by atoms with E-state index in [1.54, 1.807) is 18.1 Å². The van der Waals surface area contributed by atoms with E-state index in [9.17, 15) is 9.59 Å². The summed E-state index contributed by atoms with van der Waals surface area (Å²) in [5, 5.41) is 2.79. The molecule has 136 valence electrons. The Morgan fingerprint density at radius 2 is 1.76 bits per heavy atom. The van der Waals surface area contributed by atoms with Crippen LogP contribution in [0.5, 0.6) is 5.75 Å². The van der Waals surface area contributed by atoms with Crippen molar-refractivity contribution < 1.29 is 19.1 Å². The number of benzene rings is 1. The van der Waals surface area contributed by atoms with Crippen LogP contribution in [-0.2, 0) is 14.3 Å². The first-order chi connectivity index (χ1) is 11.8. The van der Waals surface area contributed by atoms with Crippen molar-refractivity contribution in [3.63, 3.8) is 0 Å². The summed E-state index contributed by atoms with van der Waals surface area (Å²) in [5.74, 6) is 0.336. The van der Waals surface area contributed by atoms with Crippen LogP contribution in [0.1, 0.15) is 26.3 Å². The minimum atomic E-state index is -0.593. The van der Waals surface area contributed by atoms with Gasteiger partial charge >= 0.3 is 0 Å². The van der Waals surface area contributed by atoms with Gasteiger partial charge in [0, 0.05) is 18.5 Å². The molecule has 1 aliphatic heterocycles. The zero-order chi connectivity index (χ0) is 18.4. The first-order valence-electron chi connectivity index (χ1n) is 8.35. The van der Waals surface area contributed by atoms with Crippen molar-refractivity contribution >= 4 is 17.9 Å². The van der Waals surface area contributed by atoms with Gasteiger partial charge in [-0.15, -0.1) is 0 Å². The van der Waals surface area contributed by atoms with Crippen molar-refractivity contribution in [2.45, 2.75) is 20.8 Å². The molecule has 0 saturated carbocycles. The Morgan fingerprint density at radius 3 is 2.28 bits per heavy atom. The van der Waals surface area contributed by atoms with Crippen molar-refractivity contribution in [2.75, 3.05) is 33.4 Å². The molecule has 0 bridgehead atoms. The number of nitrogens with zero attached hydrogens (tertiary/aromatic N) is 1. The van der Waals surface area contributed by atoms with Crippen molar-refractivity contribution in [1.82, 2.24) is 10.2 Å². The lowest BCUT2D eigenvalue weighted by atomic mass is 9.95. The molecule has 0 atom stereocenters. The van der Waals surface area contributed by atoms with E-state index >= 15 is 0 Å². The Labute approximate surface area is 148 Å². The van der Waals surface area contributed by atoms with Gasteiger partial charge in [-0.05, 0) is 23.8 Å². The molecule has 1 fully saturated rings. The van der Waals surface area contributed by atoms with Crippen LogP contribution < -0.4 is 10.1 Å². The fourth-order valence-corrected chi connectivity index (χ4v) is 2.26. The fourth-order valence-electron chi connectivity index (χ4n) is 2.26. The van der Waals surface area contributed by atoms with E-state index in [1.165, 1.54) is 0 Å². The molecule has 1 heterocycles. The standard InChI is InChI=1S/C19H26N2O4/c1-19(2,3)18(23)20-16(17(22)21-9-11-25-12-10-21)13-14-5-7-15(24-4)8-6-14/h5-8,13H,9-12H2,1-4H3,(H,20,23)/b16-13-. The molecule has 25 heavy (non-hydrogen) atoms. The van der Waals surface area contributed by atoms with Gasteiger partial charge in [-0.25, -0.2) is 0 Å². The number of rotatable bonds is 4. The topological polar surface area (TPSA) is 67.9 Å². The Morgan fingerprint density at radius 1 is 1.16 bits per heavy atom. The molecule has 2 rings (SSSR count). The average Bonchev–Trinajstić information content (AvgIpc) is 2.61. The van der Waals surface area contributed by atoms with Crippen LogP contribution >= 0.6 is 0 Å². The maximum atomic E-state index is 12.9. The van der Waals surface area contributed by atoms with Crippen molar-refractivity contribution in [1.29, 1.82) is 0 Å². The molecule has 0 unspecified atom stereocenters. The zero-order valence-corrected chi connectivity index (χ0v) is 15.3. The summed E-state index contributed by atoms with van der Waals surface area (Å²) >= 11 is 0. The molecular formula is C19H26N2O4. The van der Waals surface area contributed by atoms with E-state index in [2.05, 4.69) is 5.32 Å². The monoisotopic (exact) mass is 346 g/mol. The molecule has 0 radical (unpaired) electrons. The minimum Gasteiger partial charge on any atom is -0.497 e. The van der Waals surface area contributed by atoms with E-state index in [0.717, 1.165) is 11.3 Å². The highest BCUT2D eigenvalue weighted by molar-refractivity contribution is 6.02. The van der Waals surface area contributed by atoms with E-state index in [-0.39, 0.29) is 17.5 Å². The number of carbonyl (C=O) groups is 2. The highest BCUT2D eigenvalue weighted by Gasteiger charge is 2.27. The molecule has 1 aliphatic rings. The summed E-state index contributed by atoms with van der Waals surface area (Å²) in [5.41, 5.74) is 0.489. The molecule has 0 aromatic heterocycles. The molecule has 1 saturated heterocycles. The van der Waals surface area contributed by atoms with E-state index in [4.69, 9.17) is 9.47 Å². The number of ether oxygens (including phenoxy) is 2. The third-order valence-electron chi connectivity index (χ3n) is 3.88. The van der Waals surface area contributed by atoms with Crippen LogP contribution in [0.4, 0.5) is 0 Å². The lowest BCUT2D eigenvalue weighted by Gasteiger charge is -2.28. The molecule has 1 aromatic carbocycles. The summed E-state index contributed by atoms with van der Waals surface area (Å²) in [7, 11) is 1.60. The summed E-state index contributed by atoms with van der Waals surface area (Å²) in [6.07, 6.45) is 1.70. The second kappa shape index (κ2) is 8.16. The second-order valence-electron chi connectivity index (χ2n) is 6.94. The molecule has 0 spiro atoms. The average molecular weight is 346 g/mol. The number of methoxy groups -OCH3 is 1. The van der Waals surface area contributed by atoms with Crippen LogP contribution in [0.25, 0.3) is 6.08 Å². The van der Waals surface area contributed by atoms with Gasteiger partial charge in [0.25, 0.3) is 5.91 Å².